The third-order valence-corrected chi connectivity index (χ3v) is 2.42. The van der Waals surface area contributed by atoms with Gasteiger partial charge in [0, 0.05) is 5.92 Å². The van der Waals surface area contributed by atoms with E-state index in [2.05, 4.69) is 0 Å². The number of epoxide rings is 1. The van der Waals surface area contributed by atoms with Gasteiger partial charge in [-0.15, -0.1) is 0 Å². The van der Waals surface area contributed by atoms with Crippen molar-refractivity contribution in [3.63, 3.8) is 0 Å². The second kappa shape index (κ2) is 5.02. The molecule has 0 aromatic heterocycles. The molecule has 0 bridgehead atoms. The van der Waals surface area contributed by atoms with Gasteiger partial charge in [0.1, 0.15) is 5.76 Å². The Morgan fingerprint density at radius 3 is 2.47 bits per heavy atom. The number of aliphatic hydroxyl groups is 2. The van der Waals surface area contributed by atoms with Gasteiger partial charge in [-0.2, -0.15) is 0 Å². The lowest BCUT2D eigenvalue weighted by Gasteiger charge is -2.14. The van der Waals surface area contributed by atoms with Crippen molar-refractivity contribution in [3.05, 3.63) is 11.5 Å². The number of aliphatic hydroxyl groups excluding tert-OH is 2. The van der Waals surface area contributed by atoms with E-state index in [9.17, 15) is 9.90 Å². The number of rotatable bonds is 6. The molecule has 86 valence electrons. The van der Waals surface area contributed by atoms with Gasteiger partial charge >= 0.3 is 5.97 Å². The summed E-state index contributed by atoms with van der Waals surface area (Å²) in [5.74, 6) is -3.20. The molecule has 0 saturated carbocycles. The molecule has 0 aromatic rings. The molecule has 0 amide bonds. The zero-order valence-electron chi connectivity index (χ0n) is 8.64. The summed E-state index contributed by atoms with van der Waals surface area (Å²) in [6, 6.07) is 0. The first-order valence-corrected chi connectivity index (χ1v) is 5.03. The number of carboxylic acid groups (broad SMARTS) is 1. The Hall–Kier alpha value is -1.23. The summed E-state index contributed by atoms with van der Waals surface area (Å²) in [5.41, 5.74) is 0. The van der Waals surface area contributed by atoms with Crippen LogP contribution in [-0.2, 0) is 9.53 Å². The number of hydrogen-bond acceptors (Lipinski definition) is 4. The van der Waals surface area contributed by atoms with Crippen LogP contribution in [-0.4, -0.2) is 34.0 Å². The van der Waals surface area contributed by atoms with Gasteiger partial charge in [-0.25, -0.2) is 4.79 Å². The van der Waals surface area contributed by atoms with Gasteiger partial charge in [0.05, 0.1) is 12.7 Å². The van der Waals surface area contributed by atoms with Crippen molar-refractivity contribution in [1.82, 2.24) is 0 Å². The van der Waals surface area contributed by atoms with Gasteiger partial charge in [0.25, 0.3) is 0 Å². The molecule has 0 spiro atoms. The quantitative estimate of drug-likeness (QED) is 0.356. The maximum absolute atomic E-state index is 10.5. The smallest absolute Gasteiger partial charge is 0.374 e. The van der Waals surface area contributed by atoms with E-state index in [0.29, 0.717) is 19.4 Å². The van der Waals surface area contributed by atoms with Crippen molar-refractivity contribution in [2.45, 2.75) is 32.3 Å². The molecule has 3 N–H and O–H groups in total. The molecular formula is C10H16O5. The van der Waals surface area contributed by atoms with E-state index in [0.717, 1.165) is 6.42 Å². The summed E-state index contributed by atoms with van der Waals surface area (Å²) in [5, 5.41) is 27.2. The fraction of sp³-hybridized carbons (Fsp3) is 0.700. The first-order valence-electron chi connectivity index (χ1n) is 5.03. The van der Waals surface area contributed by atoms with Crippen molar-refractivity contribution in [3.8, 4) is 0 Å². The van der Waals surface area contributed by atoms with Crippen LogP contribution >= 0.6 is 0 Å². The molecule has 5 heteroatoms. The minimum Gasteiger partial charge on any atom is -0.508 e. The van der Waals surface area contributed by atoms with Crippen LogP contribution in [0.4, 0.5) is 0 Å². The first kappa shape index (κ1) is 11.8. The summed E-state index contributed by atoms with van der Waals surface area (Å²) in [6.07, 6.45) is 2.12. The molecule has 1 fully saturated rings. The number of carboxylic acids is 1. The maximum atomic E-state index is 10.5. The van der Waals surface area contributed by atoms with Gasteiger partial charge in [0.15, 0.2) is 0 Å². The second-order valence-corrected chi connectivity index (χ2v) is 3.72. The van der Waals surface area contributed by atoms with Gasteiger partial charge in [0.2, 0.25) is 5.76 Å². The van der Waals surface area contributed by atoms with Gasteiger partial charge in [-0.1, -0.05) is 13.3 Å². The Bertz CT molecular complexity index is 267. The van der Waals surface area contributed by atoms with Crippen LogP contribution in [0, 0.1) is 5.92 Å². The van der Waals surface area contributed by atoms with Crippen LogP contribution in [0.5, 0.6) is 0 Å². The van der Waals surface area contributed by atoms with E-state index in [-0.39, 0.29) is 12.0 Å². The molecule has 1 saturated heterocycles. The molecule has 0 radical (unpaired) electrons. The predicted molar refractivity (Wildman–Crippen MR) is 52.7 cm³/mol. The SMILES string of the molecule is CCCC(CC1CO1)C(O)=C(O)C(=O)O. The number of allylic oxidation sites excluding steroid dienone is 1. The lowest BCUT2D eigenvalue weighted by atomic mass is 9.95. The Kier molecular flexibility index (Phi) is 3.96. The van der Waals surface area contributed by atoms with E-state index in [1.807, 2.05) is 6.92 Å². The largest absolute Gasteiger partial charge is 0.508 e. The van der Waals surface area contributed by atoms with Crippen LogP contribution in [0.25, 0.3) is 0 Å². The molecule has 0 aliphatic carbocycles. The van der Waals surface area contributed by atoms with Crippen LogP contribution in [0.2, 0.25) is 0 Å². The zero-order valence-corrected chi connectivity index (χ0v) is 8.64. The third kappa shape index (κ3) is 3.43. The van der Waals surface area contributed by atoms with E-state index < -0.39 is 17.5 Å². The molecule has 1 heterocycles. The van der Waals surface area contributed by atoms with Crippen LogP contribution in [0.1, 0.15) is 26.2 Å². The summed E-state index contributed by atoms with van der Waals surface area (Å²) in [7, 11) is 0. The fourth-order valence-corrected chi connectivity index (χ4v) is 1.54. The Morgan fingerprint density at radius 2 is 2.07 bits per heavy atom. The first-order chi connectivity index (χ1) is 7.06. The highest BCUT2D eigenvalue weighted by Crippen LogP contribution is 2.28. The highest BCUT2D eigenvalue weighted by Gasteiger charge is 2.30. The Labute approximate surface area is 88.0 Å². The number of aliphatic carboxylic acids is 1. The number of hydrogen-bond donors (Lipinski definition) is 3. The maximum Gasteiger partial charge on any atom is 0.374 e. The monoisotopic (exact) mass is 216 g/mol. The van der Waals surface area contributed by atoms with Crippen molar-refractivity contribution in [2.75, 3.05) is 6.61 Å². The van der Waals surface area contributed by atoms with E-state index in [4.69, 9.17) is 14.9 Å². The predicted octanol–water partition coefficient (Wildman–Crippen LogP) is 1.60. The van der Waals surface area contributed by atoms with Crippen LogP contribution in [0.15, 0.2) is 11.5 Å². The zero-order chi connectivity index (χ0) is 11.4. The average Bonchev–Trinajstić information content (AvgIpc) is 2.98. The molecule has 2 atom stereocenters. The lowest BCUT2D eigenvalue weighted by molar-refractivity contribution is -0.136. The fourth-order valence-electron chi connectivity index (χ4n) is 1.54. The standard InChI is InChI=1S/C10H16O5/c1-2-3-6(4-7-5-15-7)8(11)9(12)10(13)14/h6-7,11-12H,2-5H2,1H3,(H,13,14). The third-order valence-electron chi connectivity index (χ3n) is 2.42. The highest BCUT2D eigenvalue weighted by atomic mass is 16.6. The summed E-state index contributed by atoms with van der Waals surface area (Å²) >= 11 is 0. The molecule has 1 aliphatic heterocycles. The lowest BCUT2D eigenvalue weighted by Crippen LogP contribution is -2.13. The summed E-state index contributed by atoms with van der Waals surface area (Å²) < 4.78 is 5.01. The normalized spacial score (nSPS) is 23.1. The van der Waals surface area contributed by atoms with E-state index >= 15 is 0 Å². The minimum atomic E-state index is -1.50. The van der Waals surface area contributed by atoms with Crippen molar-refractivity contribution in [2.24, 2.45) is 5.92 Å². The van der Waals surface area contributed by atoms with Gasteiger partial charge in [-0.05, 0) is 12.8 Å². The van der Waals surface area contributed by atoms with Crippen molar-refractivity contribution < 1.29 is 24.9 Å². The molecule has 2 unspecified atom stereocenters. The number of carbonyl (C=O) groups is 1. The Balaban J connectivity index is 2.67. The van der Waals surface area contributed by atoms with Crippen LogP contribution < -0.4 is 0 Å². The van der Waals surface area contributed by atoms with Crippen molar-refractivity contribution >= 4 is 5.97 Å². The molecular weight excluding hydrogens is 200 g/mol. The van der Waals surface area contributed by atoms with Gasteiger partial charge < -0.3 is 20.1 Å². The number of ether oxygens (including phenoxy) is 1. The topological polar surface area (TPSA) is 90.3 Å². The second-order valence-electron chi connectivity index (χ2n) is 3.72. The highest BCUT2D eigenvalue weighted by molar-refractivity contribution is 5.84. The van der Waals surface area contributed by atoms with E-state index in [1.165, 1.54) is 0 Å². The minimum absolute atomic E-state index is 0.102. The molecule has 5 nitrogen and oxygen atoms in total. The molecule has 1 rings (SSSR count). The summed E-state index contributed by atoms with van der Waals surface area (Å²) in [4.78, 5) is 10.5. The Morgan fingerprint density at radius 1 is 1.47 bits per heavy atom. The molecule has 0 aromatic carbocycles. The van der Waals surface area contributed by atoms with Crippen LogP contribution in [0.3, 0.4) is 0 Å². The summed E-state index contributed by atoms with van der Waals surface area (Å²) in [6.45, 7) is 2.59. The van der Waals surface area contributed by atoms with Gasteiger partial charge in [-0.3, -0.25) is 0 Å². The average molecular weight is 216 g/mol. The van der Waals surface area contributed by atoms with E-state index in [1.54, 1.807) is 0 Å². The van der Waals surface area contributed by atoms with Crippen molar-refractivity contribution in [1.29, 1.82) is 0 Å². The molecule has 15 heavy (non-hydrogen) atoms. The molecule has 1 aliphatic rings.